The molecule has 0 atom stereocenters. The zero-order valence-electron chi connectivity index (χ0n) is 11.2. The summed E-state index contributed by atoms with van der Waals surface area (Å²) in [5.74, 6) is 2.34. The van der Waals surface area contributed by atoms with Gasteiger partial charge >= 0.3 is 0 Å². The molecule has 4 nitrogen and oxygen atoms in total. The quantitative estimate of drug-likeness (QED) is 0.827. The minimum atomic E-state index is -3.58. The normalized spacial score (nSPS) is 11.6. The number of benzene rings is 1. The molecule has 0 saturated carbocycles. The van der Waals surface area contributed by atoms with Crippen molar-refractivity contribution in [2.75, 3.05) is 20.6 Å². The Hall–Kier alpha value is -0.870. The molecule has 0 unspecified atom stereocenters. The highest BCUT2D eigenvalue weighted by Crippen LogP contribution is 2.29. The van der Waals surface area contributed by atoms with Crippen LogP contribution in [0.1, 0.15) is 11.1 Å². The van der Waals surface area contributed by atoms with Crippen LogP contribution in [0.2, 0.25) is 0 Å². The van der Waals surface area contributed by atoms with Gasteiger partial charge in [-0.25, -0.2) is 8.42 Å². The Bertz CT molecular complexity index is 606. The van der Waals surface area contributed by atoms with Crippen LogP contribution >= 0.6 is 15.9 Å². The third kappa shape index (κ3) is 3.57. The first-order valence-corrected chi connectivity index (χ1v) is 7.91. The summed E-state index contributed by atoms with van der Waals surface area (Å²) in [6.07, 6.45) is 5.17. The second kappa shape index (κ2) is 6.53. The second-order valence-corrected chi connectivity index (χ2v) is 7.03. The number of nitrogens with zero attached hydrogens (tertiary/aromatic N) is 1. The molecular weight excluding hydrogens is 328 g/mol. The van der Waals surface area contributed by atoms with Crippen molar-refractivity contribution in [2.24, 2.45) is 0 Å². The van der Waals surface area contributed by atoms with Crippen molar-refractivity contribution in [3.8, 4) is 12.3 Å². The van der Waals surface area contributed by atoms with Gasteiger partial charge in [0.15, 0.2) is 0 Å². The van der Waals surface area contributed by atoms with Gasteiger partial charge in [0, 0.05) is 18.1 Å². The fourth-order valence-corrected chi connectivity index (χ4v) is 3.80. The summed E-state index contributed by atoms with van der Waals surface area (Å²) in [5, 5.41) is 3.01. The molecular formula is C13H17BrN2O2S. The molecule has 0 fully saturated rings. The molecule has 104 valence electrons. The van der Waals surface area contributed by atoms with Gasteiger partial charge in [-0.3, -0.25) is 0 Å². The van der Waals surface area contributed by atoms with Crippen LogP contribution in [0.25, 0.3) is 0 Å². The van der Waals surface area contributed by atoms with Gasteiger partial charge in [-0.05, 0) is 47.1 Å². The number of sulfonamides is 1. The van der Waals surface area contributed by atoms with E-state index in [1.54, 1.807) is 6.07 Å². The molecule has 0 aliphatic heterocycles. The molecule has 0 aliphatic rings. The first kappa shape index (κ1) is 16.2. The van der Waals surface area contributed by atoms with E-state index in [1.165, 1.54) is 7.05 Å². The van der Waals surface area contributed by atoms with Crippen LogP contribution in [-0.4, -0.2) is 33.4 Å². The summed E-state index contributed by atoms with van der Waals surface area (Å²) in [6, 6.07) is 3.61. The third-order valence-electron chi connectivity index (χ3n) is 2.66. The van der Waals surface area contributed by atoms with Crippen LogP contribution < -0.4 is 5.32 Å². The third-order valence-corrected chi connectivity index (χ3v) is 5.81. The molecule has 1 aromatic rings. The van der Waals surface area contributed by atoms with Crippen LogP contribution in [0.4, 0.5) is 0 Å². The SMILES string of the molecule is C#CCN(C)S(=O)(=O)c1cc(CNC)cc(C)c1Br. The Morgan fingerprint density at radius 1 is 1.47 bits per heavy atom. The predicted molar refractivity (Wildman–Crippen MR) is 80.3 cm³/mol. The van der Waals surface area contributed by atoms with E-state index in [2.05, 4.69) is 27.2 Å². The van der Waals surface area contributed by atoms with Crippen LogP contribution in [0.5, 0.6) is 0 Å². The summed E-state index contributed by atoms with van der Waals surface area (Å²) >= 11 is 3.34. The number of hydrogen-bond acceptors (Lipinski definition) is 3. The van der Waals surface area contributed by atoms with E-state index >= 15 is 0 Å². The maximum absolute atomic E-state index is 12.4. The summed E-state index contributed by atoms with van der Waals surface area (Å²) in [4.78, 5) is 0.246. The fraction of sp³-hybridized carbons (Fsp3) is 0.385. The van der Waals surface area contributed by atoms with Crippen LogP contribution in [0.15, 0.2) is 21.5 Å². The highest BCUT2D eigenvalue weighted by atomic mass is 79.9. The maximum Gasteiger partial charge on any atom is 0.244 e. The fourth-order valence-electron chi connectivity index (χ4n) is 1.68. The van der Waals surface area contributed by atoms with Crippen molar-refractivity contribution < 1.29 is 8.42 Å². The zero-order valence-corrected chi connectivity index (χ0v) is 13.6. The van der Waals surface area contributed by atoms with E-state index in [1.807, 2.05) is 20.0 Å². The summed E-state index contributed by atoms with van der Waals surface area (Å²) in [5.41, 5.74) is 1.79. The summed E-state index contributed by atoms with van der Waals surface area (Å²) in [6.45, 7) is 2.52. The average molecular weight is 345 g/mol. The number of hydrogen-bond donors (Lipinski definition) is 1. The zero-order chi connectivity index (χ0) is 14.6. The molecule has 0 saturated heterocycles. The Balaban J connectivity index is 3.37. The number of rotatable bonds is 5. The van der Waals surface area contributed by atoms with Gasteiger partial charge in [0.25, 0.3) is 0 Å². The largest absolute Gasteiger partial charge is 0.316 e. The molecule has 1 rings (SSSR count). The van der Waals surface area contributed by atoms with Crippen LogP contribution in [0, 0.1) is 19.3 Å². The molecule has 1 N–H and O–H groups in total. The molecule has 6 heteroatoms. The highest BCUT2D eigenvalue weighted by Gasteiger charge is 2.24. The van der Waals surface area contributed by atoms with Gasteiger partial charge in [-0.2, -0.15) is 4.31 Å². The van der Waals surface area contributed by atoms with Crippen molar-refractivity contribution in [1.82, 2.24) is 9.62 Å². The Kier molecular flexibility index (Phi) is 5.56. The van der Waals surface area contributed by atoms with Crippen LogP contribution in [0.3, 0.4) is 0 Å². The average Bonchev–Trinajstić information content (AvgIpc) is 2.34. The Morgan fingerprint density at radius 2 is 2.11 bits per heavy atom. The minimum Gasteiger partial charge on any atom is -0.316 e. The lowest BCUT2D eigenvalue weighted by molar-refractivity contribution is 0.502. The van der Waals surface area contributed by atoms with Crippen molar-refractivity contribution in [2.45, 2.75) is 18.4 Å². The van der Waals surface area contributed by atoms with E-state index in [9.17, 15) is 8.42 Å². The Labute approximate surface area is 123 Å². The van der Waals surface area contributed by atoms with Gasteiger partial charge in [0.2, 0.25) is 10.0 Å². The number of nitrogens with one attached hydrogen (secondary N) is 1. The lowest BCUT2D eigenvalue weighted by Crippen LogP contribution is -2.28. The molecule has 1 aromatic carbocycles. The van der Waals surface area contributed by atoms with Crippen molar-refractivity contribution in [1.29, 1.82) is 0 Å². The molecule has 0 spiro atoms. The molecule has 0 aliphatic carbocycles. The van der Waals surface area contributed by atoms with Gasteiger partial charge in [0.1, 0.15) is 0 Å². The minimum absolute atomic E-state index is 0.0457. The van der Waals surface area contributed by atoms with E-state index in [0.29, 0.717) is 11.0 Å². The van der Waals surface area contributed by atoms with Crippen molar-refractivity contribution in [3.63, 3.8) is 0 Å². The smallest absolute Gasteiger partial charge is 0.244 e. The highest BCUT2D eigenvalue weighted by molar-refractivity contribution is 9.10. The van der Waals surface area contributed by atoms with E-state index in [4.69, 9.17) is 6.42 Å². The van der Waals surface area contributed by atoms with Crippen molar-refractivity contribution in [3.05, 3.63) is 27.7 Å². The van der Waals surface area contributed by atoms with Gasteiger partial charge in [-0.15, -0.1) is 6.42 Å². The molecule has 0 bridgehead atoms. The van der Waals surface area contributed by atoms with Gasteiger partial charge < -0.3 is 5.32 Å². The van der Waals surface area contributed by atoms with Crippen molar-refractivity contribution >= 4 is 26.0 Å². The maximum atomic E-state index is 12.4. The second-order valence-electron chi connectivity index (χ2n) is 4.22. The molecule has 0 amide bonds. The summed E-state index contributed by atoms with van der Waals surface area (Å²) < 4.78 is 26.6. The molecule has 0 aromatic heterocycles. The first-order chi connectivity index (χ1) is 8.84. The molecule has 0 heterocycles. The van der Waals surface area contributed by atoms with E-state index in [0.717, 1.165) is 15.4 Å². The lowest BCUT2D eigenvalue weighted by atomic mass is 10.1. The molecule has 0 radical (unpaired) electrons. The van der Waals surface area contributed by atoms with Crippen LogP contribution in [-0.2, 0) is 16.6 Å². The van der Waals surface area contributed by atoms with E-state index < -0.39 is 10.0 Å². The standard InChI is InChI=1S/C13H17BrN2O2S/c1-5-6-16(4)19(17,18)12-8-11(9-15-3)7-10(2)13(12)14/h1,7-8,15H,6,9H2,2-4H3. The lowest BCUT2D eigenvalue weighted by Gasteiger charge is -2.17. The number of halogens is 1. The monoisotopic (exact) mass is 344 g/mol. The number of terminal acetylenes is 1. The topological polar surface area (TPSA) is 49.4 Å². The van der Waals surface area contributed by atoms with Gasteiger partial charge in [0.05, 0.1) is 11.4 Å². The first-order valence-electron chi connectivity index (χ1n) is 5.68. The Morgan fingerprint density at radius 3 is 2.63 bits per heavy atom. The van der Waals surface area contributed by atoms with E-state index in [-0.39, 0.29) is 11.4 Å². The molecule has 19 heavy (non-hydrogen) atoms. The number of aryl methyl sites for hydroxylation is 1. The summed E-state index contributed by atoms with van der Waals surface area (Å²) in [7, 11) is -0.290. The van der Waals surface area contributed by atoms with Gasteiger partial charge in [-0.1, -0.05) is 12.0 Å². The predicted octanol–water partition coefficient (Wildman–Crippen LogP) is 1.73.